The van der Waals surface area contributed by atoms with E-state index < -0.39 is 0 Å². The van der Waals surface area contributed by atoms with Crippen molar-refractivity contribution in [2.24, 2.45) is 11.8 Å². The van der Waals surface area contributed by atoms with Gasteiger partial charge < -0.3 is 4.74 Å². The molecule has 0 amide bonds. The minimum Gasteiger partial charge on any atom is -0.494 e. The Morgan fingerprint density at radius 2 is 1.50 bits per heavy atom. The van der Waals surface area contributed by atoms with E-state index in [9.17, 15) is 0 Å². The highest BCUT2D eigenvalue weighted by molar-refractivity contribution is 7.13. The molecule has 1 heterocycles. The fraction of sp³-hybridized carbons (Fsp3) is 0.464. The zero-order chi connectivity index (χ0) is 22.9. The van der Waals surface area contributed by atoms with Gasteiger partial charge in [-0.25, -0.2) is 4.98 Å². The lowest BCUT2D eigenvalue weighted by Gasteiger charge is -2.23. The van der Waals surface area contributed by atoms with E-state index in [1.165, 1.54) is 35.2 Å². The van der Waals surface area contributed by atoms with Gasteiger partial charge in [0.05, 0.1) is 12.3 Å². The number of hydrogen-bond donors (Lipinski definition) is 0. The largest absolute Gasteiger partial charge is 0.494 e. The topological polar surface area (TPSA) is 25.4 Å². The van der Waals surface area contributed by atoms with Crippen molar-refractivity contribution in [3.05, 3.63) is 59.6 Å². The molecule has 0 aliphatic heterocycles. The third-order valence-electron chi connectivity index (χ3n) is 5.57. The van der Waals surface area contributed by atoms with Gasteiger partial charge in [-0.1, -0.05) is 58.0 Å². The molecule has 0 N–H and O–H groups in total. The van der Waals surface area contributed by atoms with Gasteiger partial charge >= 0.3 is 0 Å². The normalized spacial score (nSPS) is 11.6. The summed E-state index contributed by atoms with van der Waals surface area (Å²) in [4.78, 5) is 7.59. The molecule has 4 heteroatoms. The Bertz CT molecular complexity index is 951. The smallest absolute Gasteiger partial charge is 0.123 e. The molecule has 0 atom stereocenters. The van der Waals surface area contributed by atoms with Gasteiger partial charge in [-0.05, 0) is 74.0 Å². The van der Waals surface area contributed by atoms with Crippen LogP contribution in [0.5, 0.6) is 5.75 Å². The van der Waals surface area contributed by atoms with Crippen LogP contribution in [-0.2, 0) is 6.54 Å². The summed E-state index contributed by atoms with van der Waals surface area (Å²) in [6, 6.07) is 17.0. The first-order valence-corrected chi connectivity index (χ1v) is 12.8. The van der Waals surface area contributed by atoms with Crippen LogP contribution in [0, 0.1) is 11.8 Å². The number of rotatable bonds is 12. The number of ether oxygens (including phenoxy) is 1. The van der Waals surface area contributed by atoms with Gasteiger partial charge in [-0.3, -0.25) is 4.90 Å². The molecule has 0 bridgehead atoms. The second-order valence-electron chi connectivity index (χ2n) is 9.33. The highest BCUT2D eigenvalue weighted by Crippen LogP contribution is 2.30. The number of benzene rings is 2. The molecule has 0 saturated heterocycles. The van der Waals surface area contributed by atoms with E-state index in [0.29, 0.717) is 6.61 Å². The molecular weight excluding hydrogens is 412 g/mol. The number of thiazole rings is 1. The molecule has 0 saturated carbocycles. The fourth-order valence-electron chi connectivity index (χ4n) is 3.66. The van der Waals surface area contributed by atoms with Crippen molar-refractivity contribution in [2.75, 3.05) is 19.7 Å². The highest BCUT2D eigenvalue weighted by Gasteiger charge is 2.12. The van der Waals surface area contributed by atoms with E-state index in [0.717, 1.165) is 42.2 Å². The summed E-state index contributed by atoms with van der Waals surface area (Å²) < 4.78 is 5.68. The molecule has 0 aliphatic carbocycles. The molecular formula is C28H38N2OS. The zero-order valence-electron chi connectivity index (χ0n) is 20.3. The van der Waals surface area contributed by atoms with Crippen molar-refractivity contribution in [1.82, 2.24) is 9.88 Å². The van der Waals surface area contributed by atoms with Gasteiger partial charge in [-0.2, -0.15) is 0 Å². The molecule has 0 unspecified atom stereocenters. The maximum Gasteiger partial charge on any atom is 0.123 e. The van der Waals surface area contributed by atoms with Crippen LogP contribution in [0.15, 0.2) is 53.9 Å². The Morgan fingerprint density at radius 3 is 2.16 bits per heavy atom. The Balaban J connectivity index is 1.74. The van der Waals surface area contributed by atoms with Crippen LogP contribution in [0.2, 0.25) is 0 Å². The standard InChI is InChI=1S/C28H38N2OS/c1-6-31-27-12-8-10-24(18-27)23-9-7-11-25(17-23)28-29-26(20-32-28)19-30(15-13-21(2)3)16-14-22(4)5/h7-12,17-18,20-22H,6,13-16,19H2,1-5H3. The molecule has 3 nitrogen and oxygen atoms in total. The summed E-state index contributed by atoms with van der Waals surface area (Å²) in [5, 5.41) is 3.32. The lowest BCUT2D eigenvalue weighted by molar-refractivity contribution is 0.233. The van der Waals surface area contributed by atoms with Crippen LogP contribution >= 0.6 is 11.3 Å². The summed E-state index contributed by atoms with van der Waals surface area (Å²) in [5.41, 5.74) is 4.72. The lowest BCUT2D eigenvalue weighted by Crippen LogP contribution is -2.27. The van der Waals surface area contributed by atoms with Gasteiger partial charge in [0.25, 0.3) is 0 Å². The zero-order valence-corrected chi connectivity index (χ0v) is 21.1. The van der Waals surface area contributed by atoms with Crippen LogP contribution in [0.4, 0.5) is 0 Å². The molecule has 3 rings (SSSR count). The SMILES string of the molecule is CCOc1cccc(-c2cccc(-c3nc(CN(CCC(C)C)CCC(C)C)cs3)c2)c1. The number of aromatic nitrogens is 1. The van der Waals surface area contributed by atoms with Crippen LogP contribution < -0.4 is 4.74 Å². The van der Waals surface area contributed by atoms with Gasteiger partial charge in [0.1, 0.15) is 10.8 Å². The minimum atomic E-state index is 0.677. The Hall–Kier alpha value is -2.17. The summed E-state index contributed by atoms with van der Waals surface area (Å²) in [5.74, 6) is 2.37. The number of hydrogen-bond acceptors (Lipinski definition) is 4. The van der Waals surface area contributed by atoms with E-state index in [-0.39, 0.29) is 0 Å². The second-order valence-corrected chi connectivity index (χ2v) is 10.2. The first kappa shape index (κ1) is 24.5. The Kier molecular flexibility index (Phi) is 9.31. The third kappa shape index (κ3) is 7.46. The summed E-state index contributed by atoms with van der Waals surface area (Å²) in [6.45, 7) is 15.1. The molecule has 0 spiro atoms. The maximum absolute atomic E-state index is 5.68. The fourth-order valence-corrected chi connectivity index (χ4v) is 4.46. The first-order valence-electron chi connectivity index (χ1n) is 11.9. The van der Waals surface area contributed by atoms with Crippen LogP contribution in [0.1, 0.15) is 53.2 Å². The summed E-state index contributed by atoms with van der Waals surface area (Å²) in [7, 11) is 0. The predicted molar refractivity (Wildman–Crippen MR) is 138 cm³/mol. The van der Waals surface area contributed by atoms with E-state index in [1.54, 1.807) is 11.3 Å². The van der Waals surface area contributed by atoms with Gasteiger partial charge in [0.2, 0.25) is 0 Å². The van der Waals surface area contributed by atoms with Crippen molar-refractivity contribution in [1.29, 1.82) is 0 Å². The van der Waals surface area contributed by atoms with Crippen LogP contribution in [0.25, 0.3) is 21.7 Å². The molecule has 0 aliphatic rings. The molecule has 1 aromatic heterocycles. The van der Waals surface area contributed by atoms with E-state index >= 15 is 0 Å². The lowest BCUT2D eigenvalue weighted by atomic mass is 10.0. The number of nitrogens with zero attached hydrogens (tertiary/aromatic N) is 2. The molecule has 3 aromatic rings. The van der Waals surface area contributed by atoms with Crippen molar-refractivity contribution >= 4 is 11.3 Å². The highest BCUT2D eigenvalue weighted by atomic mass is 32.1. The molecule has 172 valence electrons. The quantitative estimate of drug-likeness (QED) is 0.282. The van der Waals surface area contributed by atoms with Crippen LogP contribution in [0.3, 0.4) is 0 Å². The second kappa shape index (κ2) is 12.2. The van der Waals surface area contributed by atoms with Gasteiger partial charge in [0.15, 0.2) is 0 Å². The molecule has 0 fully saturated rings. The van der Waals surface area contributed by atoms with Crippen molar-refractivity contribution < 1.29 is 4.74 Å². The minimum absolute atomic E-state index is 0.677. The molecule has 2 aromatic carbocycles. The first-order chi connectivity index (χ1) is 15.4. The van der Waals surface area contributed by atoms with Gasteiger partial charge in [0, 0.05) is 17.5 Å². The van der Waals surface area contributed by atoms with E-state index in [2.05, 4.69) is 80.4 Å². The third-order valence-corrected chi connectivity index (χ3v) is 6.51. The Morgan fingerprint density at radius 1 is 0.875 bits per heavy atom. The van der Waals surface area contributed by atoms with E-state index in [1.807, 2.05) is 13.0 Å². The van der Waals surface area contributed by atoms with Crippen LogP contribution in [-0.4, -0.2) is 29.6 Å². The van der Waals surface area contributed by atoms with E-state index in [4.69, 9.17) is 9.72 Å². The summed E-state index contributed by atoms with van der Waals surface area (Å²) in [6.07, 6.45) is 2.47. The molecule has 32 heavy (non-hydrogen) atoms. The maximum atomic E-state index is 5.68. The summed E-state index contributed by atoms with van der Waals surface area (Å²) >= 11 is 1.75. The van der Waals surface area contributed by atoms with Gasteiger partial charge in [-0.15, -0.1) is 11.3 Å². The average molecular weight is 451 g/mol. The predicted octanol–water partition coefficient (Wildman–Crippen LogP) is 7.77. The van der Waals surface area contributed by atoms with Crippen molar-refractivity contribution in [2.45, 2.75) is 54.0 Å². The van der Waals surface area contributed by atoms with Crippen molar-refractivity contribution in [3.8, 4) is 27.4 Å². The Labute approximate surface area is 198 Å². The monoisotopic (exact) mass is 450 g/mol. The molecule has 0 radical (unpaired) electrons. The average Bonchev–Trinajstić information content (AvgIpc) is 3.24. The van der Waals surface area contributed by atoms with Crippen molar-refractivity contribution in [3.63, 3.8) is 0 Å².